The van der Waals surface area contributed by atoms with E-state index in [9.17, 15) is 4.21 Å². The summed E-state index contributed by atoms with van der Waals surface area (Å²) >= 11 is 7.64. The minimum absolute atomic E-state index is 0.0968. The van der Waals surface area contributed by atoms with Gasteiger partial charge in [-0.25, -0.2) is 0 Å². The smallest absolute Gasteiger partial charge is 0.0875 e. The molecule has 0 fully saturated rings. The van der Waals surface area contributed by atoms with E-state index in [-0.39, 0.29) is 12.0 Å². The summed E-state index contributed by atoms with van der Waals surface area (Å²) in [5.74, 6) is 0.701. The predicted molar refractivity (Wildman–Crippen MR) is 90.6 cm³/mol. The molecular weight excluding hydrogens is 324 g/mol. The standard InChI is InChI=1S/C15H15ClN2OS2/c1-21(19)9-12-14(10-4-6-11(16)7-5-10)17-18-15(12)13-3-2-8-20-13/h2-8,12,15,18H,9H2,1H3. The number of nitrogens with one attached hydrogen (secondary N) is 1. The van der Waals surface area contributed by atoms with Gasteiger partial charge in [-0.2, -0.15) is 5.10 Å². The molecule has 0 bridgehead atoms. The molecule has 1 aliphatic rings. The highest BCUT2D eigenvalue weighted by molar-refractivity contribution is 7.84. The lowest BCUT2D eigenvalue weighted by molar-refractivity contribution is 0.535. The molecule has 2 heterocycles. The first-order valence-corrected chi connectivity index (χ1v) is 9.56. The van der Waals surface area contributed by atoms with Crippen LogP contribution in [0.3, 0.4) is 0 Å². The number of rotatable bonds is 4. The molecule has 110 valence electrons. The first kappa shape index (κ1) is 14.8. The van der Waals surface area contributed by atoms with E-state index in [4.69, 9.17) is 11.6 Å². The zero-order chi connectivity index (χ0) is 14.8. The zero-order valence-corrected chi connectivity index (χ0v) is 13.8. The normalized spacial score (nSPS) is 22.7. The van der Waals surface area contributed by atoms with Crippen LogP contribution in [0.15, 0.2) is 46.9 Å². The van der Waals surface area contributed by atoms with Crippen LogP contribution in [0.2, 0.25) is 5.02 Å². The molecule has 0 saturated carbocycles. The molecule has 1 aromatic heterocycles. The topological polar surface area (TPSA) is 41.5 Å². The summed E-state index contributed by atoms with van der Waals surface area (Å²) in [7, 11) is -0.879. The van der Waals surface area contributed by atoms with Crippen molar-refractivity contribution in [3.63, 3.8) is 0 Å². The molecule has 0 spiro atoms. The average molecular weight is 339 g/mol. The van der Waals surface area contributed by atoms with Crippen LogP contribution in [0, 0.1) is 5.92 Å². The first-order chi connectivity index (χ1) is 10.1. The van der Waals surface area contributed by atoms with E-state index >= 15 is 0 Å². The van der Waals surface area contributed by atoms with Gasteiger partial charge in [0.15, 0.2) is 0 Å². The van der Waals surface area contributed by atoms with Crippen molar-refractivity contribution in [1.29, 1.82) is 0 Å². The summed E-state index contributed by atoms with van der Waals surface area (Å²) < 4.78 is 11.8. The lowest BCUT2D eigenvalue weighted by Gasteiger charge is -2.18. The van der Waals surface area contributed by atoms with E-state index in [1.807, 2.05) is 30.3 Å². The highest BCUT2D eigenvalue weighted by Crippen LogP contribution is 2.33. The summed E-state index contributed by atoms with van der Waals surface area (Å²) in [5, 5.41) is 7.26. The van der Waals surface area contributed by atoms with Gasteiger partial charge in [0.25, 0.3) is 0 Å². The summed E-state index contributed by atoms with van der Waals surface area (Å²) in [6.07, 6.45) is 1.74. The molecule has 1 N–H and O–H groups in total. The molecular formula is C15H15ClN2OS2. The van der Waals surface area contributed by atoms with Crippen LogP contribution < -0.4 is 5.43 Å². The predicted octanol–water partition coefficient (Wildman–Crippen LogP) is 3.44. The van der Waals surface area contributed by atoms with Gasteiger partial charge in [-0.15, -0.1) is 11.3 Å². The third-order valence-corrected chi connectivity index (χ3v) is 5.52. The highest BCUT2D eigenvalue weighted by atomic mass is 35.5. The summed E-state index contributed by atoms with van der Waals surface area (Å²) in [4.78, 5) is 1.22. The van der Waals surface area contributed by atoms with Gasteiger partial charge in [0, 0.05) is 38.6 Å². The molecule has 3 unspecified atom stereocenters. The molecule has 0 radical (unpaired) electrons. The average Bonchev–Trinajstić information content (AvgIpc) is 3.08. The fourth-order valence-electron chi connectivity index (χ4n) is 2.53. The Morgan fingerprint density at radius 3 is 2.71 bits per heavy atom. The second-order valence-electron chi connectivity index (χ2n) is 4.97. The van der Waals surface area contributed by atoms with Crippen molar-refractivity contribution in [1.82, 2.24) is 5.43 Å². The summed E-state index contributed by atoms with van der Waals surface area (Å²) in [6, 6.07) is 11.9. The third-order valence-electron chi connectivity index (χ3n) is 3.48. The largest absolute Gasteiger partial charge is 0.301 e. The van der Waals surface area contributed by atoms with Gasteiger partial charge >= 0.3 is 0 Å². The van der Waals surface area contributed by atoms with Crippen molar-refractivity contribution in [2.24, 2.45) is 11.0 Å². The van der Waals surface area contributed by atoms with Crippen LogP contribution in [-0.4, -0.2) is 21.9 Å². The number of hydrogen-bond donors (Lipinski definition) is 1. The Labute approximate surface area is 135 Å². The second-order valence-corrected chi connectivity index (χ2v) is 7.87. The molecule has 3 atom stereocenters. The minimum atomic E-state index is -0.879. The van der Waals surface area contributed by atoms with Crippen molar-refractivity contribution in [2.75, 3.05) is 12.0 Å². The van der Waals surface area contributed by atoms with E-state index in [2.05, 4.69) is 22.0 Å². The molecule has 0 saturated heterocycles. The molecule has 3 nitrogen and oxygen atoms in total. The Kier molecular flexibility index (Phi) is 4.42. The fraction of sp³-hybridized carbons (Fsp3) is 0.267. The van der Waals surface area contributed by atoms with Gasteiger partial charge in [0.1, 0.15) is 0 Å². The number of thiophene rings is 1. The molecule has 0 aliphatic carbocycles. The molecule has 1 aromatic carbocycles. The summed E-state index contributed by atoms with van der Waals surface area (Å²) in [5.41, 5.74) is 5.20. The monoisotopic (exact) mass is 338 g/mol. The van der Waals surface area contributed by atoms with Crippen LogP contribution in [0.25, 0.3) is 0 Å². The van der Waals surface area contributed by atoms with Gasteiger partial charge in [0.05, 0.1) is 11.8 Å². The van der Waals surface area contributed by atoms with Gasteiger partial charge in [-0.05, 0) is 29.1 Å². The SMILES string of the molecule is CS(=O)CC1C(c2ccc(Cl)cc2)=NNC1c1cccs1. The number of halogens is 1. The minimum Gasteiger partial charge on any atom is -0.301 e. The quantitative estimate of drug-likeness (QED) is 0.927. The molecule has 3 rings (SSSR count). The van der Waals surface area contributed by atoms with E-state index < -0.39 is 10.8 Å². The van der Waals surface area contributed by atoms with Gasteiger partial charge < -0.3 is 5.43 Å². The van der Waals surface area contributed by atoms with Crippen molar-refractivity contribution >= 4 is 39.4 Å². The van der Waals surface area contributed by atoms with Gasteiger partial charge in [0.2, 0.25) is 0 Å². The lowest BCUT2D eigenvalue weighted by atomic mass is 9.92. The van der Waals surface area contributed by atoms with Crippen molar-refractivity contribution in [3.05, 3.63) is 57.2 Å². The molecule has 6 heteroatoms. The Morgan fingerprint density at radius 2 is 2.10 bits per heavy atom. The first-order valence-electron chi connectivity index (χ1n) is 6.57. The molecule has 1 aliphatic heterocycles. The second kappa shape index (κ2) is 6.30. The Hall–Kier alpha value is -1.17. The zero-order valence-electron chi connectivity index (χ0n) is 11.5. The fourth-order valence-corrected chi connectivity index (χ4v) is 4.34. The Morgan fingerprint density at radius 1 is 1.33 bits per heavy atom. The Balaban J connectivity index is 1.92. The van der Waals surface area contributed by atoms with E-state index in [1.165, 1.54) is 4.88 Å². The van der Waals surface area contributed by atoms with Crippen LogP contribution in [0.1, 0.15) is 16.5 Å². The number of hydrogen-bond acceptors (Lipinski definition) is 4. The number of hydrazone groups is 1. The molecule has 21 heavy (non-hydrogen) atoms. The van der Waals surface area contributed by atoms with E-state index in [0.717, 1.165) is 11.3 Å². The van der Waals surface area contributed by atoms with Crippen molar-refractivity contribution < 1.29 is 4.21 Å². The molecule has 2 aromatic rings. The van der Waals surface area contributed by atoms with Crippen LogP contribution in [0.4, 0.5) is 0 Å². The van der Waals surface area contributed by atoms with Crippen LogP contribution >= 0.6 is 22.9 Å². The highest BCUT2D eigenvalue weighted by Gasteiger charge is 2.34. The maximum Gasteiger partial charge on any atom is 0.0875 e. The maximum absolute atomic E-state index is 11.8. The van der Waals surface area contributed by atoms with Crippen LogP contribution in [0.5, 0.6) is 0 Å². The summed E-state index contributed by atoms with van der Waals surface area (Å²) in [6.45, 7) is 0. The Bertz CT molecular complexity index is 667. The van der Waals surface area contributed by atoms with E-state index in [0.29, 0.717) is 10.8 Å². The molecule has 0 amide bonds. The number of benzene rings is 1. The van der Waals surface area contributed by atoms with Crippen molar-refractivity contribution in [2.45, 2.75) is 6.04 Å². The third kappa shape index (κ3) is 3.20. The maximum atomic E-state index is 11.8. The van der Waals surface area contributed by atoms with Crippen LogP contribution in [-0.2, 0) is 10.8 Å². The van der Waals surface area contributed by atoms with Crippen molar-refractivity contribution in [3.8, 4) is 0 Å². The van der Waals surface area contributed by atoms with Gasteiger partial charge in [-0.1, -0.05) is 29.8 Å². The van der Waals surface area contributed by atoms with E-state index in [1.54, 1.807) is 17.6 Å². The number of nitrogens with zero attached hydrogens (tertiary/aromatic N) is 1. The lowest BCUT2D eigenvalue weighted by Crippen LogP contribution is -2.26. The van der Waals surface area contributed by atoms with Gasteiger partial charge in [-0.3, -0.25) is 4.21 Å².